The third-order valence-corrected chi connectivity index (χ3v) is 5.63. The summed E-state index contributed by atoms with van der Waals surface area (Å²) in [5, 5.41) is 11.8. The van der Waals surface area contributed by atoms with E-state index >= 15 is 0 Å². The van der Waals surface area contributed by atoms with E-state index in [0.717, 1.165) is 5.75 Å². The van der Waals surface area contributed by atoms with E-state index in [1.54, 1.807) is 74.8 Å². The van der Waals surface area contributed by atoms with Crippen LogP contribution >= 0.6 is 11.8 Å². The summed E-state index contributed by atoms with van der Waals surface area (Å²) in [5.74, 6) is 1.29. The van der Waals surface area contributed by atoms with Crippen molar-refractivity contribution in [3.63, 3.8) is 0 Å². The quantitative estimate of drug-likeness (QED) is 0.314. The number of benzene rings is 2. The number of carbonyl (C=O) groups excluding carboxylic acids is 1. The molecule has 2 aromatic carbocycles. The molecule has 1 fully saturated rings. The molecule has 1 aliphatic rings. The molecule has 8 nitrogen and oxygen atoms in total. The number of methoxy groups -OCH3 is 1. The summed E-state index contributed by atoms with van der Waals surface area (Å²) in [5.41, 5.74) is 1.03. The van der Waals surface area contributed by atoms with E-state index in [1.807, 2.05) is 0 Å². The first kappa shape index (κ1) is 20.4. The van der Waals surface area contributed by atoms with Crippen LogP contribution in [0.4, 0.5) is 11.4 Å². The fourth-order valence-corrected chi connectivity index (χ4v) is 3.93. The summed E-state index contributed by atoms with van der Waals surface area (Å²) >= 11 is 1.23. The maximum atomic E-state index is 12.6. The zero-order valence-electron chi connectivity index (χ0n) is 16.6. The number of nitro benzene ring substituents is 1. The number of hydrogen-bond donors (Lipinski definition) is 0. The minimum absolute atomic E-state index is 0.0454. The van der Waals surface area contributed by atoms with Crippen molar-refractivity contribution in [1.29, 1.82) is 0 Å². The van der Waals surface area contributed by atoms with Gasteiger partial charge in [-0.25, -0.2) is 4.99 Å². The molecule has 0 aliphatic carbocycles. The lowest BCUT2D eigenvalue weighted by Gasteiger charge is -2.07. The van der Waals surface area contributed by atoms with E-state index in [2.05, 4.69) is 4.99 Å². The summed E-state index contributed by atoms with van der Waals surface area (Å²) in [6, 6.07) is 16.9. The number of amides is 1. The third-order valence-electron chi connectivity index (χ3n) is 4.57. The average molecular weight is 435 g/mol. The van der Waals surface area contributed by atoms with Crippen LogP contribution < -0.4 is 4.74 Å². The van der Waals surface area contributed by atoms with Crippen molar-refractivity contribution < 1.29 is 18.9 Å². The standard InChI is InChI=1S/C22H17N3O5S/c1-24-21(26)20(31-22(24)23-14-7-9-15(29-2)10-8-14)13-16-11-12-19(30-16)17-5-3-4-6-18(17)25(27)28/h3-13H,1-2H3/b20-13+,23-22?. The van der Waals surface area contributed by atoms with Crippen LogP contribution in [0.2, 0.25) is 0 Å². The van der Waals surface area contributed by atoms with Gasteiger partial charge in [-0.1, -0.05) is 12.1 Å². The van der Waals surface area contributed by atoms with E-state index < -0.39 is 4.92 Å². The minimum Gasteiger partial charge on any atom is -0.497 e. The number of ether oxygens (including phenoxy) is 1. The van der Waals surface area contributed by atoms with Crippen LogP contribution in [-0.2, 0) is 4.79 Å². The Labute approximate surface area is 182 Å². The van der Waals surface area contributed by atoms with Gasteiger partial charge in [0.25, 0.3) is 11.6 Å². The van der Waals surface area contributed by atoms with E-state index in [0.29, 0.717) is 32.8 Å². The van der Waals surface area contributed by atoms with Crippen LogP contribution in [-0.4, -0.2) is 35.1 Å². The van der Waals surface area contributed by atoms with Crippen molar-refractivity contribution >= 4 is 40.3 Å². The zero-order valence-corrected chi connectivity index (χ0v) is 17.5. The molecule has 1 saturated heterocycles. The summed E-state index contributed by atoms with van der Waals surface area (Å²) in [4.78, 5) is 29.9. The maximum absolute atomic E-state index is 12.6. The van der Waals surface area contributed by atoms with Gasteiger partial charge in [-0.2, -0.15) is 0 Å². The molecule has 0 atom stereocenters. The second kappa shape index (κ2) is 8.49. The first-order chi connectivity index (χ1) is 15.0. The number of carbonyl (C=O) groups is 1. The topological polar surface area (TPSA) is 98.2 Å². The highest BCUT2D eigenvalue weighted by atomic mass is 32.2. The van der Waals surface area contributed by atoms with Gasteiger partial charge in [0.1, 0.15) is 17.3 Å². The summed E-state index contributed by atoms with van der Waals surface area (Å²) in [6.45, 7) is 0. The Balaban J connectivity index is 1.59. The van der Waals surface area contributed by atoms with Gasteiger partial charge < -0.3 is 9.15 Å². The van der Waals surface area contributed by atoms with Crippen LogP contribution in [0.15, 0.2) is 75.0 Å². The van der Waals surface area contributed by atoms with Gasteiger partial charge in [0.15, 0.2) is 5.17 Å². The Morgan fingerprint density at radius 1 is 1.13 bits per heavy atom. The smallest absolute Gasteiger partial charge is 0.280 e. The maximum Gasteiger partial charge on any atom is 0.280 e. The highest BCUT2D eigenvalue weighted by molar-refractivity contribution is 8.18. The predicted octanol–water partition coefficient (Wildman–Crippen LogP) is 5.10. The van der Waals surface area contributed by atoms with Gasteiger partial charge in [0, 0.05) is 19.2 Å². The molecule has 0 unspecified atom stereocenters. The molecule has 31 heavy (non-hydrogen) atoms. The molecule has 1 aliphatic heterocycles. The van der Waals surface area contributed by atoms with E-state index in [1.165, 1.54) is 22.7 Å². The Morgan fingerprint density at radius 2 is 1.87 bits per heavy atom. The molecule has 1 amide bonds. The van der Waals surface area contributed by atoms with Gasteiger partial charge in [-0.15, -0.1) is 0 Å². The largest absolute Gasteiger partial charge is 0.497 e. The van der Waals surface area contributed by atoms with Crippen LogP contribution in [0, 0.1) is 10.1 Å². The lowest BCUT2D eigenvalue weighted by Crippen LogP contribution is -2.23. The molecular weight excluding hydrogens is 418 g/mol. The lowest BCUT2D eigenvalue weighted by atomic mass is 10.1. The molecule has 3 aromatic rings. The second-order valence-corrected chi connectivity index (χ2v) is 7.55. The zero-order chi connectivity index (χ0) is 22.0. The monoisotopic (exact) mass is 435 g/mol. The number of rotatable bonds is 5. The predicted molar refractivity (Wildman–Crippen MR) is 119 cm³/mol. The first-order valence-electron chi connectivity index (χ1n) is 9.20. The van der Waals surface area contributed by atoms with Gasteiger partial charge in [-0.3, -0.25) is 19.8 Å². The molecular formula is C22H17N3O5S. The summed E-state index contributed by atoms with van der Waals surface area (Å²) < 4.78 is 10.9. The highest BCUT2D eigenvalue weighted by Gasteiger charge is 2.30. The fraction of sp³-hybridized carbons (Fsp3) is 0.0909. The lowest BCUT2D eigenvalue weighted by molar-refractivity contribution is -0.384. The van der Waals surface area contributed by atoms with Gasteiger partial charge in [0.2, 0.25) is 0 Å². The number of furan rings is 1. The number of para-hydroxylation sites is 1. The van der Waals surface area contributed by atoms with E-state index in [-0.39, 0.29) is 11.6 Å². The van der Waals surface area contributed by atoms with Crippen molar-refractivity contribution in [1.82, 2.24) is 4.90 Å². The van der Waals surface area contributed by atoms with Crippen molar-refractivity contribution in [3.8, 4) is 17.1 Å². The van der Waals surface area contributed by atoms with Crippen molar-refractivity contribution in [2.75, 3.05) is 14.2 Å². The van der Waals surface area contributed by atoms with Gasteiger partial charge in [0.05, 0.1) is 28.2 Å². The molecule has 0 radical (unpaired) electrons. The molecule has 1 aromatic heterocycles. The van der Waals surface area contributed by atoms with Crippen molar-refractivity contribution in [2.24, 2.45) is 4.99 Å². The Hall–Kier alpha value is -3.85. The Bertz CT molecular complexity index is 1210. The highest BCUT2D eigenvalue weighted by Crippen LogP contribution is 2.35. The van der Waals surface area contributed by atoms with Crippen LogP contribution in [0.3, 0.4) is 0 Å². The Morgan fingerprint density at radius 3 is 2.58 bits per heavy atom. The second-order valence-electron chi connectivity index (χ2n) is 6.54. The molecule has 4 rings (SSSR count). The van der Waals surface area contributed by atoms with Crippen LogP contribution in [0.1, 0.15) is 5.76 Å². The minimum atomic E-state index is -0.455. The van der Waals surface area contributed by atoms with Crippen molar-refractivity contribution in [3.05, 3.63) is 81.4 Å². The number of thioether (sulfide) groups is 1. The van der Waals surface area contributed by atoms with Crippen molar-refractivity contribution in [2.45, 2.75) is 0 Å². The van der Waals surface area contributed by atoms with Crippen LogP contribution in [0.5, 0.6) is 5.75 Å². The summed E-state index contributed by atoms with van der Waals surface area (Å²) in [7, 11) is 3.24. The number of aliphatic imine (C=N–C) groups is 1. The molecule has 0 bridgehead atoms. The molecule has 156 valence electrons. The van der Waals surface area contributed by atoms with Gasteiger partial charge >= 0.3 is 0 Å². The van der Waals surface area contributed by atoms with E-state index in [9.17, 15) is 14.9 Å². The number of amidine groups is 1. The molecule has 0 saturated carbocycles. The van der Waals surface area contributed by atoms with Gasteiger partial charge in [-0.05, 0) is 54.2 Å². The molecule has 0 spiro atoms. The molecule has 2 heterocycles. The first-order valence-corrected chi connectivity index (χ1v) is 10.0. The third kappa shape index (κ3) is 4.22. The summed E-state index contributed by atoms with van der Waals surface area (Å²) in [6.07, 6.45) is 1.61. The number of likely N-dealkylation sites (N-methyl/N-ethyl adjacent to an activating group) is 1. The molecule has 9 heteroatoms. The number of nitro groups is 1. The normalized spacial score (nSPS) is 16.3. The Kier molecular flexibility index (Phi) is 5.59. The van der Waals surface area contributed by atoms with E-state index in [4.69, 9.17) is 9.15 Å². The SMILES string of the molecule is COc1ccc(N=C2S/C(=C/c3ccc(-c4ccccc4[N+](=O)[O-])o3)C(=O)N2C)cc1. The van der Waals surface area contributed by atoms with Crippen LogP contribution in [0.25, 0.3) is 17.4 Å². The fourth-order valence-electron chi connectivity index (χ4n) is 2.96. The number of hydrogen-bond acceptors (Lipinski definition) is 7. The average Bonchev–Trinajstić information content (AvgIpc) is 3.35. The number of nitrogens with zero attached hydrogens (tertiary/aromatic N) is 3. The molecule has 0 N–H and O–H groups in total.